The minimum absolute atomic E-state index is 0.0416. The van der Waals surface area contributed by atoms with Crippen molar-refractivity contribution in [3.8, 4) is 0 Å². The first-order valence-corrected chi connectivity index (χ1v) is 10.9. The highest BCUT2D eigenvalue weighted by Crippen LogP contribution is 2.76. The zero-order valence-corrected chi connectivity index (χ0v) is 16.2. The highest BCUT2D eigenvalue weighted by Gasteiger charge is 2.72. The Bertz CT molecular complexity index is 799. The average Bonchev–Trinajstić information content (AvgIpc) is 3.21. The Morgan fingerprint density at radius 1 is 1.22 bits per heavy atom. The molecule has 7 rings (SSSR count). The standard InChI is InChI=1S/C22H30N4O/c1-2-19(27)25-10-8-16-20-17(11-25)23-9-7-18(20)26(24-16)22-12-21(13-22,14-22)15-5-3-4-6-15/h2,15,17,23H,1,3-14H2. The Morgan fingerprint density at radius 2 is 2.00 bits per heavy atom. The largest absolute Gasteiger partial charge is 0.337 e. The molecule has 4 fully saturated rings. The van der Waals surface area contributed by atoms with E-state index in [1.54, 1.807) is 0 Å². The van der Waals surface area contributed by atoms with E-state index in [4.69, 9.17) is 5.10 Å². The summed E-state index contributed by atoms with van der Waals surface area (Å²) in [5, 5.41) is 8.84. The lowest BCUT2D eigenvalue weighted by Gasteiger charge is -2.73. The van der Waals surface area contributed by atoms with Crippen LogP contribution in [-0.4, -0.2) is 40.2 Å². The van der Waals surface area contributed by atoms with E-state index in [2.05, 4.69) is 16.6 Å². The van der Waals surface area contributed by atoms with Gasteiger partial charge < -0.3 is 10.2 Å². The van der Waals surface area contributed by atoms with Crippen molar-refractivity contribution in [2.24, 2.45) is 11.3 Å². The molecule has 6 aliphatic rings. The van der Waals surface area contributed by atoms with Gasteiger partial charge in [0.05, 0.1) is 17.3 Å². The van der Waals surface area contributed by atoms with Crippen LogP contribution in [0, 0.1) is 11.3 Å². The molecule has 1 aromatic heterocycles. The van der Waals surface area contributed by atoms with Crippen molar-refractivity contribution in [2.75, 3.05) is 19.6 Å². The van der Waals surface area contributed by atoms with Gasteiger partial charge in [0.2, 0.25) is 5.91 Å². The van der Waals surface area contributed by atoms with Crippen LogP contribution in [0.4, 0.5) is 0 Å². The van der Waals surface area contributed by atoms with Crippen molar-refractivity contribution in [1.82, 2.24) is 20.0 Å². The molecule has 4 saturated carbocycles. The fraction of sp³-hybridized carbons (Fsp3) is 0.727. The van der Waals surface area contributed by atoms with Gasteiger partial charge in [0.15, 0.2) is 0 Å². The predicted octanol–water partition coefficient (Wildman–Crippen LogP) is 2.71. The predicted molar refractivity (Wildman–Crippen MR) is 103 cm³/mol. The Hall–Kier alpha value is -1.62. The second-order valence-electron chi connectivity index (χ2n) is 9.81. The van der Waals surface area contributed by atoms with Gasteiger partial charge >= 0.3 is 0 Å². The van der Waals surface area contributed by atoms with Crippen molar-refractivity contribution < 1.29 is 4.79 Å². The van der Waals surface area contributed by atoms with Gasteiger partial charge in [-0.25, -0.2) is 0 Å². The monoisotopic (exact) mass is 366 g/mol. The fourth-order valence-electron chi connectivity index (χ4n) is 7.25. The third-order valence-corrected chi connectivity index (χ3v) is 8.42. The smallest absolute Gasteiger partial charge is 0.246 e. The van der Waals surface area contributed by atoms with Gasteiger partial charge in [0, 0.05) is 43.7 Å². The summed E-state index contributed by atoms with van der Waals surface area (Å²) in [6, 6.07) is 0.236. The molecule has 1 N–H and O–H groups in total. The molecule has 0 saturated heterocycles. The van der Waals surface area contributed by atoms with Gasteiger partial charge in [-0.2, -0.15) is 5.10 Å². The van der Waals surface area contributed by atoms with E-state index in [0.29, 0.717) is 11.0 Å². The van der Waals surface area contributed by atoms with Crippen LogP contribution < -0.4 is 5.32 Å². The van der Waals surface area contributed by atoms with E-state index >= 15 is 0 Å². The van der Waals surface area contributed by atoms with Crippen molar-refractivity contribution in [1.29, 1.82) is 0 Å². The highest BCUT2D eigenvalue weighted by atomic mass is 16.2. The first-order valence-electron chi connectivity index (χ1n) is 10.9. The molecule has 1 unspecified atom stereocenters. The van der Waals surface area contributed by atoms with Crippen molar-refractivity contribution in [3.63, 3.8) is 0 Å². The molecule has 1 amide bonds. The lowest BCUT2D eigenvalue weighted by molar-refractivity contribution is -0.225. The second kappa shape index (κ2) is 5.47. The summed E-state index contributed by atoms with van der Waals surface area (Å²) in [6.45, 7) is 6.15. The third kappa shape index (κ3) is 2.09. The molecule has 5 nitrogen and oxygen atoms in total. The van der Waals surface area contributed by atoms with Crippen LogP contribution in [0.3, 0.4) is 0 Å². The minimum Gasteiger partial charge on any atom is -0.337 e. The summed E-state index contributed by atoms with van der Waals surface area (Å²) < 4.78 is 2.48. The van der Waals surface area contributed by atoms with Crippen LogP contribution in [0.15, 0.2) is 12.7 Å². The molecule has 2 bridgehead atoms. The molecule has 1 atom stereocenters. The number of aromatic nitrogens is 2. The molecule has 0 aromatic carbocycles. The van der Waals surface area contributed by atoms with Crippen molar-refractivity contribution >= 4 is 5.91 Å². The Morgan fingerprint density at radius 3 is 2.74 bits per heavy atom. The topological polar surface area (TPSA) is 50.2 Å². The molecule has 5 heteroatoms. The molecule has 4 aliphatic carbocycles. The summed E-state index contributed by atoms with van der Waals surface area (Å²) in [5.41, 5.74) is 5.14. The third-order valence-electron chi connectivity index (χ3n) is 8.42. The summed E-state index contributed by atoms with van der Waals surface area (Å²) in [6.07, 6.45) is 13.4. The van der Waals surface area contributed by atoms with Crippen LogP contribution >= 0.6 is 0 Å². The van der Waals surface area contributed by atoms with E-state index in [1.165, 1.54) is 68.0 Å². The average molecular weight is 367 g/mol. The molecule has 0 spiro atoms. The lowest BCUT2D eigenvalue weighted by Crippen LogP contribution is -2.70. The normalized spacial score (nSPS) is 37.2. The van der Waals surface area contributed by atoms with Crippen LogP contribution in [-0.2, 0) is 23.2 Å². The lowest BCUT2D eigenvalue weighted by atomic mass is 9.35. The van der Waals surface area contributed by atoms with E-state index < -0.39 is 0 Å². The van der Waals surface area contributed by atoms with E-state index in [0.717, 1.165) is 38.4 Å². The zero-order valence-electron chi connectivity index (χ0n) is 16.2. The molecule has 27 heavy (non-hydrogen) atoms. The Labute approximate surface area is 161 Å². The first-order chi connectivity index (χ1) is 13.1. The number of hydrogen-bond acceptors (Lipinski definition) is 3. The second-order valence-corrected chi connectivity index (χ2v) is 9.81. The molecular formula is C22H30N4O. The number of amides is 1. The van der Waals surface area contributed by atoms with Gasteiger partial charge in [0.1, 0.15) is 0 Å². The van der Waals surface area contributed by atoms with Gasteiger partial charge in [-0.05, 0) is 49.5 Å². The summed E-state index contributed by atoms with van der Waals surface area (Å²) in [5.74, 6) is 1.04. The zero-order chi connectivity index (χ0) is 18.2. The number of nitrogens with zero attached hydrogens (tertiary/aromatic N) is 3. The maximum Gasteiger partial charge on any atom is 0.246 e. The molecule has 0 radical (unpaired) electrons. The van der Waals surface area contributed by atoms with Crippen LogP contribution in [0.5, 0.6) is 0 Å². The van der Waals surface area contributed by atoms with E-state index in [9.17, 15) is 4.79 Å². The number of hydrogen-bond donors (Lipinski definition) is 1. The highest BCUT2D eigenvalue weighted by molar-refractivity contribution is 5.87. The Kier molecular flexibility index (Phi) is 3.31. The van der Waals surface area contributed by atoms with Crippen molar-refractivity contribution in [3.05, 3.63) is 29.6 Å². The number of carbonyl (C=O) groups is 1. The van der Waals surface area contributed by atoms with E-state index in [-0.39, 0.29) is 11.9 Å². The van der Waals surface area contributed by atoms with Gasteiger partial charge in [-0.15, -0.1) is 0 Å². The van der Waals surface area contributed by atoms with Gasteiger partial charge in [-0.3, -0.25) is 9.48 Å². The Balaban J connectivity index is 1.29. The molecule has 144 valence electrons. The minimum atomic E-state index is 0.0416. The maximum absolute atomic E-state index is 12.2. The van der Waals surface area contributed by atoms with Crippen LogP contribution in [0.25, 0.3) is 0 Å². The quantitative estimate of drug-likeness (QED) is 0.837. The number of nitrogens with one attached hydrogen (secondary N) is 1. The SMILES string of the molecule is C=CC(=O)N1CCc2nn(C34CC(C5CCCC5)(C3)C4)c3c2C(C1)NCC3. The van der Waals surface area contributed by atoms with E-state index in [1.807, 2.05) is 4.90 Å². The first kappa shape index (κ1) is 16.3. The molecule has 1 aromatic rings. The van der Waals surface area contributed by atoms with Crippen LogP contribution in [0.2, 0.25) is 0 Å². The molecule has 2 aliphatic heterocycles. The fourth-order valence-corrected chi connectivity index (χ4v) is 7.25. The number of carbonyl (C=O) groups excluding carboxylic acids is 1. The summed E-state index contributed by atoms with van der Waals surface area (Å²) in [4.78, 5) is 14.1. The van der Waals surface area contributed by atoms with Crippen LogP contribution in [0.1, 0.15) is 67.9 Å². The molecule has 3 heterocycles. The maximum atomic E-state index is 12.2. The summed E-state index contributed by atoms with van der Waals surface area (Å²) >= 11 is 0. The van der Waals surface area contributed by atoms with Gasteiger partial charge in [-0.1, -0.05) is 19.4 Å². The molecular weight excluding hydrogens is 336 g/mol. The summed E-state index contributed by atoms with van der Waals surface area (Å²) in [7, 11) is 0. The van der Waals surface area contributed by atoms with Crippen molar-refractivity contribution in [2.45, 2.75) is 69.4 Å². The van der Waals surface area contributed by atoms with Gasteiger partial charge in [0.25, 0.3) is 0 Å². The number of rotatable bonds is 3.